The van der Waals surface area contributed by atoms with Gasteiger partial charge in [0, 0.05) is 0 Å². The number of hydrogen-bond donors (Lipinski definition) is 1. The molecule has 0 heterocycles. The molecule has 1 aliphatic carbocycles. The molecule has 4 nitrogen and oxygen atoms in total. The van der Waals surface area contributed by atoms with Crippen LogP contribution in [-0.2, 0) is 9.47 Å². The second kappa shape index (κ2) is 3.31. The van der Waals surface area contributed by atoms with Crippen molar-refractivity contribution in [2.75, 3.05) is 6.61 Å². The first-order chi connectivity index (χ1) is 5.52. The van der Waals surface area contributed by atoms with Gasteiger partial charge in [-0.05, 0) is 26.7 Å². The fraction of sp³-hybridized carbons (Fsp3) is 0.875. The van der Waals surface area contributed by atoms with Gasteiger partial charge in [0.15, 0.2) is 0 Å². The molecule has 0 unspecified atom stereocenters. The maximum absolute atomic E-state index is 10.8. The van der Waals surface area contributed by atoms with Crippen LogP contribution in [0.25, 0.3) is 0 Å². The van der Waals surface area contributed by atoms with Crippen molar-refractivity contribution in [2.45, 2.75) is 38.4 Å². The maximum atomic E-state index is 10.8. The van der Waals surface area contributed by atoms with E-state index in [1.165, 1.54) is 0 Å². The quantitative estimate of drug-likeness (QED) is 0.650. The number of rotatable bonds is 3. The average Bonchev–Trinajstić information content (AvgIpc) is 2.64. The van der Waals surface area contributed by atoms with Crippen LogP contribution in [-0.4, -0.2) is 29.6 Å². The first-order valence-corrected chi connectivity index (χ1v) is 4.08. The Labute approximate surface area is 71.5 Å². The number of carbonyl (C=O) groups is 1. The summed E-state index contributed by atoms with van der Waals surface area (Å²) in [5.41, 5.74) is -0.754. The van der Waals surface area contributed by atoms with Crippen LogP contribution in [0.2, 0.25) is 0 Å². The predicted octanol–water partition coefficient (Wildman–Crippen LogP) is 1.07. The van der Waals surface area contributed by atoms with Crippen LogP contribution in [0.4, 0.5) is 4.79 Å². The number of hydrogen-bond acceptors (Lipinski definition) is 4. The summed E-state index contributed by atoms with van der Waals surface area (Å²) in [5, 5.41) is 9.28. The Kier molecular flexibility index (Phi) is 2.57. The lowest BCUT2D eigenvalue weighted by Gasteiger charge is -2.10. The molecule has 0 aromatic carbocycles. The van der Waals surface area contributed by atoms with Gasteiger partial charge in [-0.2, -0.15) is 0 Å². The van der Waals surface area contributed by atoms with Crippen molar-refractivity contribution in [3.8, 4) is 0 Å². The summed E-state index contributed by atoms with van der Waals surface area (Å²) in [5.74, 6) is 0. The van der Waals surface area contributed by atoms with Crippen molar-refractivity contribution in [2.24, 2.45) is 0 Å². The van der Waals surface area contributed by atoms with E-state index >= 15 is 0 Å². The van der Waals surface area contributed by atoms with E-state index in [9.17, 15) is 9.90 Å². The Balaban J connectivity index is 2.10. The molecule has 0 aromatic rings. The topological polar surface area (TPSA) is 55.8 Å². The van der Waals surface area contributed by atoms with Crippen LogP contribution in [0.15, 0.2) is 0 Å². The molecule has 0 radical (unpaired) electrons. The largest absolute Gasteiger partial charge is 0.508 e. The molecular formula is C8H14O4. The van der Waals surface area contributed by atoms with E-state index in [-0.39, 0.29) is 12.7 Å². The molecule has 12 heavy (non-hydrogen) atoms. The molecule has 1 saturated carbocycles. The lowest BCUT2D eigenvalue weighted by molar-refractivity contribution is -0.00244. The molecule has 1 aliphatic rings. The van der Waals surface area contributed by atoms with Gasteiger partial charge >= 0.3 is 6.16 Å². The molecule has 0 bridgehead atoms. The highest BCUT2D eigenvalue weighted by atomic mass is 16.7. The zero-order valence-electron chi connectivity index (χ0n) is 7.37. The maximum Gasteiger partial charge on any atom is 0.508 e. The minimum atomic E-state index is -0.754. The van der Waals surface area contributed by atoms with Gasteiger partial charge < -0.3 is 14.6 Å². The van der Waals surface area contributed by atoms with Crippen LogP contribution in [0.1, 0.15) is 26.7 Å². The van der Waals surface area contributed by atoms with Gasteiger partial charge in [-0.25, -0.2) is 4.79 Å². The third-order valence-corrected chi connectivity index (χ3v) is 1.62. The summed E-state index contributed by atoms with van der Waals surface area (Å²) < 4.78 is 9.37. The summed E-state index contributed by atoms with van der Waals surface area (Å²) in [7, 11) is 0. The summed E-state index contributed by atoms with van der Waals surface area (Å²) in [4.78, 5) is 10.8. The first-order valence-electron chi connectivity index (χ1n) is 4.08. The molecular weight excluding hydrogens is 160 g/mol. The molecule has 0 aliphatic heterocycles. The predicted molar refractivity (Wildman–Crippen MR) is 41.8 cm³/mol. The van der Waals surface area contributed by atoms with E-state index in [0.29, 0.717) is 12.8 Å². The van der Waals surface area contributed by atoms with E-state index in [4.69, 9.17) is 4.74 Å². The second-order valence-electron chi connectivity index (χ2n) is 3.43. The zero-order chi connectivity index (χ0) is 9.19. The highest BCUT2D eigenvalue weighted by Gasteiger charge is 2.41. The molecule has 0 saturated heterocycles. The third-order valence-electron chi connectivity index (χ3n) is 1.62. The zero-order valence-corrected chi connectivity index (χ0v) is 7.37. The van der Waals surface area contributed by atoms with Gasteiger partial charge in [0.1, 0.15) is 6.61 Å². The smallest absolute Gasteiger partial charge is 0.432 e. The van der Waals surface area contributed by atoms with Gasteiger partial charge in [0.2, 0.25) is 0 Å². The van der Waals surface area contributed by atoms with E-state index in [1.54, 1.807) is 13.8 Å². The Morgan fingerprint density at radius 3 is 2.58 bits per heavy atom. The fourth-order valence-electron chi connectivity index (χ4n) is 0.708. The van der Waals surface area contributed by atoms with Gasteiger partial charge in [0.05, 0.1) is 11.7 Å². The molecule has 0 aromatic heterocycles. The first kappa shape index (κ1) is 9.32. The molecule has 0 spiro atoms. The minimum Gasteiger partial charge on any atom is -0.432 e. The van der Waals surface area contributed by atoms with Gasteiger partial charge in [-0.1, -0.05) is 0 Å². The molecule has 1 rings (SSSR count). The number of carbonyl (C=O) groups excluding carboxylic acids is 1. The van der Waals surface area contributed by atoms with Crippen molar-refractivity contribution >= 4 is 6.16 Å². The standard InChI is InChI=1S/C8H14O4/c1-6(2)12-7(9)11-5-8(10)3-4-8/h6,10H,3-5H2,1-2H3. The van der Waals surface area contributed by atoms with Crippen LogP contribution in [0, 0.1) is 0 Å². The van der Waals surface area contributed by atoms with Crippen molar-refractivity contribution in [3.63, 3.8) is 0 Å². The average molecular weight is 174 g/mol. The van der Waals surface area contributed by atoms with Crippen molar-refractivity contribution in [1.82, 2.24) is 0 Å². The van der Waals surface area contributed by atoms with Crippen LogP contribution >= 0.6 is 0 Å². The molecule has 70 valence electrons. The molecule has 4 heteroatoms. The lowest BCUT2D eigenvalue weighted by atomic mass is 10.4. The Bertz CT molecular complexity index is 172. The summed E-state index contributed by atoms with van der Waals surface area (Å²) >= 11 is 0. The normalized spacial score (nSPS) is 19.0. The number of ether oxygens (including phenoxy) is 2. The van der Waals surface area contributed by atoms with Crippen LogP contribution < -0.4 is 0 Å². The Morgan fingerprint density at radius 2 is 2.17 bits per heavy atom. The van der Waals surface area contributed by atoms with E-state index < -0.39 is 11.8 Å². The second-order valence-corrected chi connectivity index (χ2v) is 3.43. The molecule has 1 N–H and O–H groups in total. The van der Waals surface area contributed by atoms with Crippen molar-refractivity contribution < 1.29 is 19.4 Å². The molecule has 0 atom stereocenters. The monoisotopic (exact) mass is 174 g/mol. The van der Waals surface area contributed by atoms with Crippen LogP contribution in [0.5, 0.6) is 0 Å². The van der Waals surface area contributed by atoms with E-state index in [0.717, 1.165) is 0 Å². The summed E-state index contributed by atoms with van der Waals surface area (Å²) in [6.07, 6.45) is 0.542. The van der Waals surface area contributed by atoms with Crippen molar-refractivity contribution in [1.29, 1.82) is 0 Å². The fourth-order valence-corrected chi connectivity index (χ4v) is 0.708. The minimum absolute atomic E-state index is 0.0541. The highest BCUT2D eigenvalue weighted by Crippen LogP contribution is 2.35. The van der Waals surface area contributed by atoms with Gasteiger partial charge in [-0.15, -0.1) is 0 Å². The Hall–Kier alpha value is -0.770. The molecule has 1 fully saturated rings. The van der Waals surface area contributed by atoms with Gasteiger partial charge in [0.25, 0.3) is 0 Å². The number of aliphatic hydroxyl groups is 1. The third kappa shape index (κ3) is 3.09. The Morgan fingerprint density at radius 1 is 1.58 bits per heavy atom. The summed E-state index contributed by atoms with van der Waals surface area (Å²) in [6.45, 7) is 3.54. The highest BCUT2D eigenvalue weighted by molar-refractivity contribution is 5.60. The van der Waals surface area contributed by atoms with Crippen LogP contribution in [0.3, 0.4) is 0 Å². The lowest BCUT2D eigenvalue weighted by Crippen LogP contribution is -2.21. The molecule has 0 amide bonds. The SMILES string of the molecule is CC(C)OC(=O)OCC1(O)CC1. The van der Waals surface area contributed by atoms with E-state index in [2.05, 4.69) is 4.74 Å². The van der Waals surface area contributed by atoms with Crippen molar-refractivity contribution in [3.05, 3.63) is 0 Å². The van der Waals surface area contributed by atoms with Gasteiger partial charge in [-0.3, -0.25) is 0 Å². The van der Waals surface area contributed by atoms with E-state index in [1.807, 2.05) is 0 Å². The summed E-state index contributed by atoms with van der Waals surface area (Å²) in [6, 6.07) is 0.